The molecule has 0 amide bonds. The zero-order valence-electron chi connectivity index (χ0n) is 12.8. The van der Waals surface area contributed by atoms with E-state index in [4.69, 9.17) is 9.47 Å². The molecule has 1 unspecified atom stereocenters. The molecule has 0 bridgehead atoms. The van der Waals surface area contributed by atoms with Gasteiger partial charge in [-0.05, 0) is 31.0 Å². The molecule has 1 aromatic rings. The minimum absolute atomic E-state index is 0.267. The molecule has 0 aliphatic carbocycles. The molecule has 20 heavy (non-hydrogen) atoms. The number of carbonyl (C=O) groups excluding carboxylic acids is 1. The first kappa shape index (κ1) is 16.5. The summed E-state index contributed by atoms with van der Waals surface area (Å²) in [6.07, 6.45) is 0. The summed E-state index contributed by atoms with van der Waals surface area (Å²) >= 11 is 0. The van der Waals surface area contributed by atoms with Crippen molar-refractivity contribution in [3.63, 3.8) is 0 Å². The SMILES string of the molecule is CCNC(COc1ccccc1C(C)C)C(=O)OCC. The molecule has 0 aliphatic rings. The molecular weight excluding hydrogens is 254 g/mol. The largest absolute Gasteiger partial charge is 0.491 e. The highest BCUT2D eigenvalue weighted by Crippen LogP contribution is 2.25. The topological polar surface area (TPSA) is 47.6 Å². The van der Waals surface area contributed by atoms with Crippen LogP contribution in [0.2, 0.25) is 0 Å². The monoisotopic (exact) mass is 279 g/mol. The molecule has 1 rings (SSSR count). The van der Waals surface area contributed by atoms with Gasteiger partial charge >= 0.3 is 5.97 Å². The fourth-order valence-electron chi connectivity index (χ4n) is 1.96. The molecule has 0 fully saturated rings. The van der Waals surface area contributed by atoms with E-state index in [9.17, 15) is 4.79 Å². The van der Waals surface area contributed by atoms with E-state index in [1.54, 1.807) is 6.92 Å². The van der Waals surface area contributed by atoms with Gasteiger partial charge in [-0.15, -0.1) is 0 Å². The first-order valence-electron chi connectivity index (χ1n) is 7.21. The van der Waals surface area contributed by atoms with E-state index in [0.29, 0.717) is 19.1 Å². The number of likely N-dealkylation sites (N-methyl/N-ethyl adjacent to an activating group) is 1. The molecule has 0 saturated heterocycles. The van der Waals surface area contributed by atoms with Crippen molar-refractivity contribution in [3.8, 4) is 5.75 Å². The smallest absolute Gasteiger partial charge is 0.326 e. The van der Waals surface area contributed by atoms with Crippen LogP contribution in [-0.2, 0) is 9.53 Å². The number of benzene rings is 1. The Morgan fingerprint density at radius 2 is 1.95 bits per heavy atom. The van der Waals surface area contributed by atoms with Crippen LogP contribution >= 0.6 is 0 Å². The first-order valence-corrected chi connectivity index (χ1v) is 7.21. The van der Waals surface area contributed by atoms with Gasteiger partial charge in [0.15, 0.2) is 0 Å². The lowest BCUT2D eigenvalue weighted by Crippen LogP contribution is -2.42. The van der Waals surface area contributed by atoms with Crippen molar-refractivity contribution in [2.24, 2.45) is 0 Å². The van der Waals surface area contributed by atoms with Crippen LogP contribution < -0.4 is 10.1 Å². The van der Waals surface area contributed by atoms with E-state index in [-0.39, 0.29) is 12.6 Å². The normalized spacial score (nSPS) is 12.2. The van der Waals surface area contributed by atoms with Gasteiger partial charge in [-0.25, -0.2) is 0 Å². The van der Waals surface area contributed by atoms with Crippen LogP contribution in [0.3, 0.4) is 0 Å². The number of rotatable bonds is 8. The number of hydrogen-bond donors (Lipinski definition) is 1. The highest BCUT2D eigenvalue weighted by molar-refractivity contribution is 5.76. The molecule has 0 radical (unpaired) electrons. The highest BCUT2D eigenvalue weighted by atomic mass is 16.5. The molecule has 1 atom stereocenters. The Morgan fingerprint density at radius 3 is 2.55 bits per heavy atom. The predicted octanol–water partition coefficient (Wildman–Crippen LogP) is 2.73. The molecule has 0 aromatic heterocycles. The standard InChI is InChI=1S/C16H25NO3/c1-5-17-14(16(18)19-6-2)11-20-15-10-8-7-9-13(15)12(3)4/h7-10,12,14,17H,5-6,11H2,1-4H3. The Bertz CT molecular complexity index is 418. The van der Waals surface area contributed by atoms with Gasteiger partial charge in [-0.3, -0.25) is 4.79 Å². The Labute approximate surface area is 121 Å². The summed E-state index contributed by atoms with van der Waals surface area (Å²) in [5, 5.41) is 3.09. The van der Waals surface area contributed by atoms with Gasteiger partial charge in [0.05, 0.1) is 6.61 Å². The van der Waals surface area contributed by atoms with Crippen LogP contribution in [0.1, 0.15) is 39.2 Å². The van der Waals surface area contributed by atoms with Crippen molar-refractivity contribution in [1.82, 2.24) is 5.32 Å². The van der Waals surface area contributed by atoms with Gasteiger partial charge in [-0.1, -0.05) is 39.0 Å². The van der Waals surface area contributed by atoms with Crippen molar-refractivity contribution in [2.45, 2.75) is 39.7 Å². The lowest BCUT2D eigenvalue weighted by atomic mass is 10.0. The summed E-state index contributed by atoms with van der Waals surface area (Å²) in [5.74, 6) is 0.942. The van der Waals surface area contributed by atoms with E-state index < -0.39 is 6.04 Å². The second-order valence-electron chi connectivity index (χ2n) is 4.87. The fourth-order valence-corrected chi connectivity index (χ4v) is 1.96. The zero-order chi connectivity index (χ0) is 15.0. The maximum Gasteiger partial charge on any atom is 0.326 e. The lowest BCUT2D eigenvalue weighted by Gasteiger charge is -2.19. The van der Waals surface area contributed by atoms with E-state index in [1.807, 2.05) is 31.2 Å². The van der Waals surface area contributed by atoms with Crippen molar-refractivity contribution in [1.29, 1.82) is 0 Å². The van der Waals surface area contributed by atoms with Gasteiger partial charge in [0.25, 0.3) is 0 Å². The average Bonchev–Trinajstić information content (AvgIpc) is 2.43. The van der Waals surface area contributed by atoms with Gasteiger partial charge < -0.3 is 14.8 Å². The second-order valence-corrected chi connectivity index (χ2v) is 4.87. The van der Waals surface area contributed by atoms with E-state index in [1.165, 1.54) is 0 Å². The van der Waals surface area contributed by atoms with Crippen LogP contribution in [0.25, 0.3) is 0 Å². The summed E-state index contributed by atoms with van der Waals surface area (Å²) in [4.78, 5) is 11.8. The third-order valence-electron chi connectivity index (χ3n) is 2.97. The molecule has 1 N–H and O–H groups in total. The van der Waals surface area contributed by atoms with Gasteiger partial charge in [0.2, 0.25) is 0 Å². The zero-order valence-corrected chi connectivity index (χ0v) is 12.8. The van der Waals surface area contributed by atoms with Crippen molar-refractivity contribution < 1.29 is 14.3 Å². The molecule has 1 aromatic carbocycles. The van der Waals surface area contributed by atoms with Crippen molar-refractivity contribution in [3.05, 3.63) is 29.8 Å². The molecule has 112 valence electrons. The quantitative estimate of drug-likeness (QED) is 0.743. The number of ether oxygens (including phenoxy) is 2. The van der Waals surface area contributed by atoms with Crippen molar-refractivity contribution in [2.75, 3.05) is 19.8 Å². The maximum absolute atomic E-state index is 11.8. The molecule has 0 aliphatic heterocycles. The average molecular weight is 279 g/mol. The van der Waals surface area contributed by atoms with Crippen LogP contribution in [0, 0.1) is 0 Å². The summed E-state index contributed by atoms with van der Waals surface area (Å²) in [6.45, 7) is 9.34. The third-order valence-corrected chi connectivity index (χ3v) is 2.97. The van der Waals surface area contributed by atoms with Crippen LogP contribution in [0.5, 0.6) is 5.75 Å². The summed E-state index contributed by atoms with van der Waals surface area (Å²) in [6, 6.07) is 7.49. The van der Waals surface area contributed by atoms with Gasteiger partial charge in [-0.2, -0.15) is 0 Å². The molecule has 0 saturated carbocycles. The number of esters is 1. The Morgan fingerprint density at radius 1 is 1.25 bits per heavy atom. The summed E-state index contributed by atoms with van der Waals surface area (Å²) in [5.41, 5.74) is 1.15. The van der Waals surface area contributed by atoms with E-state index in [0.717, 1.165) is 11.3 Å². The molecular formula is C16H25NO3. The summed E-state index contributed by atoms with van der Waals surface area (Å²) < 4.78 is 10.9. The van der Waals surface area contributed by atoms with E-state index >= 15 is 0 Å². The molecule has 0 heterocycles. The van der Waals surface area contributed by atoms with Gasteiger partial charge in [0.1, 0.15) is 18.4 Å². The lowest BCUT2D eigenvalue weighted by molar-refractivity contribution is -0.146. The first-order chi connectivity index (χ1) is 9.60. The third kappa shape index (κ3) is 4.85. The summed E-state index contributed by atoms with van der Waals surface area (Å²) in [7, 11) is 0. The second kappa shape index (κ2) is 8.59. The number of hydrogen-bond acceptors (Lipinski definition) is 4. The van der Waals surface area contributed by atoms with Crippen molar-refractivity contribution >= 4 is 5.97 Å². The number of para-hydroxylation sites is 1. The highest BCUT2D eigenvalue weighted by Gasteiger charge is 2.20. The predicted molar refractivity (Wildman–Crippen MR) is 80.1 cm³/mol. The number of nitrogens with one attached hydrogen (secondary N) is 1. The minimum Gasteiger partial charge on any atom is -0.491 e. The minimum atomic E-state index is -0.430. The number of carbonyl (C=O) groups is 1. The molecule has 0 spiro atoms. The Hall–Kier alpha value is -1.55. The Kier molecular flexibility index (Phi) is 7.09. The van der Waals surface area contributed by atoms with Crippen LogP contribution in [-0.4, -0.2) is 31.8 Å². The maximum atomic E-state index is 11.8. The fraction of sp³-hybridized carbons (Fsp3) is 0.562. The molecule has 4 heteroatoms. The van der Waals surface area contributed by atoms with Crippen LogP contribution in [0.15, 0.2) is 24.3 Å². The van der Waals surface area contributed by atoms with Gasteiger partial charge in [0, 0.05) is 0 Å². The molecule has 4 nitrogen and oxygen atoms in total. The van der Waals surface area contributed by atoms with E-state index in [2.05, 4.69) is 19.2 Å². The van der Waals surface area contributed by atoms with Crippen LogP contribution in [0.4, 0.5) is 0 Å². The Balaban J connectivity index is 2.70.